The number of aromatic nitrogens is 2. The van der Waals surface area contributed by atoms with Gasteiger partial charge in [0.2, 0.25) is 0 Å². The van der Waals surface area contributed by atoms with Crippen molar-refractivity contribution < 1.29 is 24.3 Å². The van der Waals surface area contributed by atoms with E-state index in [-0.39, 0.29) is 12.4 Å². The molecule has 0 amide bonds. The molecule has 0 saturated carbocycles. The summed E-state index contributed by atoms with van der Waals surface area (Å²) >= 11 is 1.43. The van der Waals surface area contributed by atoms with E-state index in [0.29, 0.717) is 5.89 Å². The van der Waals surface area contributed by atoms with Gasteiger partial charge in [-0.15, -0.1) is 11.3 Å². The molecule has 0 unspecified atom stereocenters. The van der Waals surface area contributed by atoms with Gasteiger partial charge < -0.3 is 14.7 Å². The van der Waals surface area contributed by atoms with Gasteiger partial charge in [0.1, 0.15) is 0 Å². The molecule has 0 aliphatic heterocycles. The molecule has 0 aromatic carbocycles. The highest BCUT2D eigenvalue weighted by atomic mass is 32.1. The van der Waals surface area contributed by atoms with Crippen LogP contribution in [0.3, 0.4) is 0 Å². The SMILES string of the molecule is O=C(O)CN(CC(=O)O)Cc1noc(-c2cccs2)n1. The summed E-state index contributed by atoms with van der Waals surface area (Å²) in [4.78, 5) is 27.5. The van der Waals surface area contributed by atoms with E-state index < -0.39 is 25.0 Å². The van der Waals surface area contributed by atoms with Gasteiger partial charge in [-0.3, -0.25) is 14.5 Å². The Morgan fingerprint density at radius 2 is 2.00 bits per heavy atom. The summed E-state index contributed by atoms with van der Waals surface area (Å²) in [5, 5.41) is 23.0. The van der Waals surface area contributed by atoms with Crippen LogP contribution in [0.15, 0.2) is 22.0 Å². The molecular weight excluding hydrogens is 286 g/mol. The van der Waals surface area contributed by atoms with Gasteiger partial charge in [-0.05, 0) is 11.4 Å². The predicted molar refractivity (Wildman–Crippen MR) is 68.2 cm³/mol. The molecule has 2 heterocycles. The molecular formula is C11H11N3O5S. The van der Waals surface area contributed by atoms with E-state index in [0.717, 1.165) is 4.88 Å². The Kier molecular flexibility index (Phi) is 4.43. The fraction of sp³-hybridized carbons (Fsp3) is 0.273. The first-order chi connectivity index (χ1) is 9.54. The van der Waals surface area contributed by atoms with Crippen molar-refractivity contribution in [1.29, 1.82) is 0 Å². The fourth-order valence-electron chi connectivity index (χ4n) is 1.57. The van der Waals surface area contributed by atoms with Crippen molar-refractivity contribution in [2.45, 2.75) is 6.54 Å². The van der Waals surface area contributed by atoms with Crippen molar-refractivity contribution in [3.05, 3.63) is 23.3 Å². The summed E-state index contributed by atoms with van der Waals surface area (Å²) in [5.74, 6) is -1.65. The van der Waals surface area contributed by atoms with E-state index in [1.807, 2.05) is 17.5 Å². The minimum Gasteiger partial charge on any atom is -0.480 e. The van der Waals surface area contributed by atoms with Crippen molar-refractivity contribution in [1.82, 2.24) is 15.0 Å². The second-order valence-electron chi connectivity index (χ2n) is 3.93. The molecule has 0 fully saturated rings. The standard InChI is InChI=1S/C11H11N3O5S/c15-9(16)5-14(6-10(17)18)4-8-12-11(19-13-8)7-2-1-3-20-7/h1-3H,4-6H2,(H,15,16)(H,17,18). The molecule has 0 atom stereocenters. The molecule has 0 spiro atoms. The Morgan fingerprint density at radius 1 is 1.30 bits per heavy atom. The number of hydrogen-bond donors (Lipinski definition) is 2. The number of hydrogen-bond acceptors (Lipinski definition) is 7. The number of carboxylic acids is 2. The van der Waals surface area contributed by atoms with E-state index in [9.17, 15) is 9.59 Å². The Bertz CT molecular complexity index is 579. The van der Waals surface area contributed by atoms with Crippen molar-refractivity contribution in [2.24, 2.45) is 0 Å². The first-order valence-corrected chi connectivity index (χ1v) is 6.45. The second-order valence-corrected chi connectivity index (χ2v) is 4.87. The van der Waals surface area contributed by atoms with Gasteiger partial charge in [-0.2, -0.15) is 4.98 Å². The molecule has 106 valence electrons. The Balaban J connectivity index is 2.06. The zero-order valence-electron chi connectivity index (χ0n) is 10.2. The van der Waals surface area contributed by atoms with Crippen LogP contribution in [0.5, 0.6) is 0 Å². The molecule has 2 aromatic heterocycles. The van der Waals surface area contributed by atoms with Crippen molar-refractivity contribution in [3.8, 4) is 10.8 Å². The largest absolute Gasteiger partial charge is 0.480 e. The molecule has 0 saturated heterocycles. The van der Waals surface area contributed by atoms with Gasteiger partial charge >= 0.3 is 11.9 Å². The number of rotatable bonds is 7. The molecule has 0 bridgehead atoms. The fourth-order valence-corrected chi connectivity index (χ4v) is 2.21. The zero-order chi connectivity index (χ0) is 14.5. The first kappa shape index (κ1) is 14.2. The van der Waals surface area contributed by atoms with Gasteiger partial charge in [0.25, 0.3) is 5.89 Å². The van der Waals surface area contributed by atoms with Gasteiger partial charge in [0.15, 0.2) is 5.82 Å². The molecule has 2 N–H and O–H groups in total. The van der Waals surface area contributed by atoms with E-state index in [2.05, 4.69) is 10.1 Å². The summed E-state index contributed by atoms with van der Waals surface area (Å²) in [7, 11) is 0. The summed E-state index contributed by atoms with van der Waals surface area (Å²) in [6.45, 7) is -0.822. The van der Waals surface area contributed by atoms with E-state index in [1.165, 1.54) is 16.2 Å². The van der Waals surface area contributed by atoms with Crippen LogP contribution in [0.1, 0.15) is 5.82 Å². The average Bonchev–Trinajstić information content (AvgIpc) is 2.95. The smallest absolute Gasteiger partial charge is 0.317 e. The predicted octanol–water partition coefficient (Wildman–Crippen LogP) is 0.769. The van der Waals surface area contributed by atoms with Crippen LogP contribution in [0.4, 0.5) is 0 Å². The van der Waals surface area contributed by atoms with Gasteiger partial charge in [0, 0.05) is 0 Å². The van der Waals surface area contributed by atoms with Crippen molar-refractivity contribution in [2.75, 3.05) is 13.1 Å². The maximum absolute atomic E-state index is 10.7. The van der Waals surface area contributed by atoms with Crippen LogP contribution < -0.4 is 0 Å². The molecule has 8 nitrogen and oxygen atoms in total. The quantitative estimate of drug-likeness (QED) is 0.769. The summed E-state index contributed by atoms with van der Waals surface area (Å²) in [5.41, 5.74) is 0. The number of carboxylic acid groups (broad SMARTS) is 2. The van der Waals surface area contributed by atoms with E-state index in [4.69, 9.17) is 14.7 Å². The minimum atomic E-state index is -1.12. The highest BCUT2D eigenvalue weighted by Crippen LogP contribution is 2.22. The number of thiophene rings is 1. The van der Waals surface area contributed by atoms with Gasteiger partial charge in [-0.1, -0.05) is 11.2 Å². The molecule has 0 radical (unpaired) electrons. The van der Waals surface area contributed by atoms with Crippen molar-refractivity contribution in [3.63, 3.8) is 0 Å². The normalized spacial score (nSPS) is 10.8. The Morgan fingerprint density at radius 3 is 2.55 bits per heavy atom. The zero-order valence-corrected chi connectivity index (χ0v) is 11.0. The van der Waals surface area contributed by atoms with Crippen LogP contribution in [0, 0.1) is 0 Å². The van der Waals surface area contributed by atoms with Crippen LogP contribution in [-0.4, -0.2) is 50.3 Å². The molecule has 9 heteroatoms. The minimum absolute atomic E-state index is 0.00647. The maximum atomic E-state index is 10.7. The topological polar surface area (TPSA) is 117 Å². The van der Waals surface area contributed by atoms with Crippen LogP contribution in [0.2, 0.25) is 0 Å². The monoisotopic (exact) mass is 297 g/mol. The third-order valence-corrected chi connectivity index (χ3v) is 3.14. The Labute approximate surface area is 117 Å². The van der Waals surface area contributed by atoms with E-state index >= 15 is 0 Å². The lowest BCUT2D eigenvalue weighted by atomic mass is 10.4. The first-order valence-electron chi connectivity index (χ1n) is 5.57. The third kappa shape index (κ3) is 3.87. The van der Waals surface area contributed by atoms with Crippen LogP contribution >= 0.6 is 11.3 Å². The molecule has 0 aliphatic rings. The third-order valence-electron chi connectivity index (χ3n) is 2.28. The Hall–Kier alpha value is -2.26. The van der Waals surface area contributed by atoms with Crippen molar-refractivity contribution >= 4 is 23.3 Å². The number of nitrogens with zero attached hydrogens (tertiary/aromatic N) is 3. The summed E-state index contributed by atoms with van der Waals surface area (Å²) < 4.78 is 5.05. The average molecular weight is 297 g/mol. The van der Waals surface area contributed by atoms with Crippen LogP contribution in [-0.2, 0) is 16.1 Å². The molecule has 2 rings (SSSR count). The summed E-state index contributed by atoms with van der Waals surface area (Å²) in [6.07, 6.45) is 0. The molecule has 0 aliphatic carbocycles. The molecule has 20 heavy (non-hydrogen) atoms. The van der Waals surface area contributed by atoms with Gasteiger partial charge in [0.05, 0.1) is 24.5 Å². The highest BCUT2D eigenvalue weighted by molar-refractivity contribution is 7.13. The number of carbonyl (C=O) groups is 2. The second kappa shape index (κ2) is 6.26. The highest BCUT2D eigenvalue weighted by Gasteiger charge is 2.17. The van der Waals surface area contributed by atoms with E-state index in [1.54, 1.807) is 0 Å². The lowest BCUT2D eigenvalue weighted by molar-refractivity contribution is -0.142. The van der Waals surface area contributed by atoms with Crippen LogP contribution in [0.25, 0.3) is 10.8 Å². The van der Waals surface area contributed by atoms with Gasteiger partial charge in [-0.25, -0.2) is 0 Å². The lowest BCUT2D eigenvalue weighted by Gasteiger charge is -2.14. The summed E-state index contributed by atoms with van der Waals surface area (Å²) in [6, 6.07) is 3.65. The maximum Gasteiger partial charge on any atom is 0.317 e. The molecule has 2 aromatic rings. The number of aliphatic carboxylic acids is 2. The lowest BCUT2D eigenvalue weighted by Crippen LogP contribution is -2.34.